The Morgan fingerprint density at radius 3 is 2.52 bits per heavy atom. The maximum absolute atomic E-state index is 13.8. The number of carbonyl (C=O) groups is 2. The minimum Gasteiger partial charge on any atom is -0.359 e. The molecule has 1 spiro atoms. The molecule has 3 heterocycles. The van der Waals surface area contributed by atoms with E-state index in [0.717, 1.165) is 31.2 Å². The van der Waals surface area contributed by atoms with Crippen molar-refractivity contribution in [2.45, 2.75) is 81.7 Å². The molecule has 0 radical (unpaired) electrons. The van der Waals surface area contributed by atoms with Crippen LogP contribution in [0.1, 0.15) is 57.9 Å². The van der Waals surface area contributed by atoms with Gasteiger partial charge in [0, 0.05) is 17.5 Å². The molecule has 2 amide bonds. The Bertz CT molecular complexity index is 853. The molecule has 2 saturated heterocycles. The number of benzene rings is 1. The van der Waals surface area contributed by atoms with Gasteiger partial charge in [0.2, 0.25) is 11.8 Å². The fourth-order valence-corrected chi connectivity index (χ4v) is 6.00. The molecule has 5 atom stereocenters. The van der Waals surface area contributed by atoms with E-state index in [1.165, 1.54) is 0 Å². The van der Waals surface area contributed by atoms with Gasteiger partial charge in [-0.25, -0.2) is 0 Å². The quantitative estimate of drug-likeness (QED) is 0.801. The van der Waals surface area contributed by atoms with Gasteiger partial charge in [0.05, 0.1) is 12.0 Å². The minimum absolute atomic E-state index is 0.0322. The first-order valence-corrected chi connectivity index (χ1v) is 10.9. The van der Waals surface area contributed by atoms with Crippen LogP contribution in [0.3, 0.4) is 0 Å². The number of rotatable bonds is 3. The van der Waals surface area contributed by atoms with Gasteiger partial charge in [0.25, 0.3) is 0 Å². The van der Waals surface area contributed by atoms with Crippen molar-refractivity contribution in [3.05, 3.63) is 48.0 Å². The molecule has 5 heteroatoms. The van der Waals surface area contributed by atoms with E-state index in [4.69, 9.17) is 4.74 Å². The van der Waals surface area contributed by atoms with Crippen LogP contribution in [0.4, 0.5) is 0 Å². The number of nitrogens with one attached hydrogen (secondary N) is 1. The lowest BCUT2D eigenvalue weighted by Gasteiger charge is -2.40. The average Bonchev–Trinajstić information content (AvgIpc) is 3.43. The third-order valence-electron chi connectivity index (χ3n) is 7.13. The largest absolute Gasteiger partial charge is 0.359 e. The molecule has 2 bridgehead atoms. The smallest absolute Gasteiger partial charge is 0.246 e. The van der Waals surface area contributed by atoms with Gasteiger partial charge in [-0.3, -0.25) is 9.59 Å². The second kappa shape index (κ2) is 6.43. The van der Waals surface area contributed by atoms with Gasteiger partial charge in [0.15, 0.2) is 0 Å². The van der Waals surface area contributed by atoms with E-state index in [1.54, 1.807) is 4.90 Å². The summed E-state index contributed by atoms with van der Waals surface area (Å²) < 4.78 is 6.51. The van der Waals surface area contributed by atoms with E-state index in [2.05, 4.69) is 23.5 Å². The van der Waals surface area contributed by atoms with Gasteiger partial charge in [-0.1, -0.05) is 55.3 Å². The van der Waals surface area contributed by atoms with Crippen molar-refractivity contribution in [2.75, 3.05) is 0 Å². The second-order valence-electron chi connectivity index (χ2n) is 9.98. The van der Waals surface area contributed by atoms with Crippen LogP contribution < -0.4 is 5.32 Å². The summed E-state index contributed by atoms with van der Waals surface area (Å²) in [6.45, 7) is 6.02. The molecule has 1 aromatic carbocycles. The zero-order valence-corrected chi connectivity index (χ0v) is 17.4. The summed E-state index contributed by atoms with van der Waals surface area (Å²) in [6.07, 6.45) is 8.25. The standard InChI is InChI=1S/C24H30N2O3/c1-23(2,3)26-20(21(27)25-16-11-7-8-12-16)24-14-13-17(29-24)18(19(24)22(26)28)15-9-5-4-6-10-15/h4-6,9-10,13-14,16-20H,7-8,11-12H2,1-3H3,(H,25,27)/t17-,18+,19-,20+,24+/m1/s1. The van der Waals surface area contributed by atoms with Crippen LogP contribution in [-0.4, -0.2) is 46.0 Å². The first kappa shape index (κ1) is 18.9. The van der Waals surface area contributed by atoms with Crippen molar-refractivity contribution < 1.29 is 14.3 Å². The molecule has 1 saturated carbocycles. The Morgan fingerprint density at radius 1 is 1.17 bits per heavy atom. The Balaban J connectivity index is 1.56. The number of fused-ring (bicyclic) bond motifs is 1. The van der Waals surface area contributed by atoms with Crippen molar-refractivity contribution in [3.8, 4) is 0 Å². The van der Waals surface area contributed by atoms with Gasteiger partial charge < -0.3 is 15.0 Å². The monoisotopic (exact) mass is 394 g/mol. The predicted molar refractivity (Wildman–Crippen MR) is 110 cm³/mol. The van der Waals surface area contributed by atoms with Crippen LogP contribution in [0.5, 0.6) is 0 Å². The van der Waals surface area contributed by atoms with E-state index in [1.807, 2.05) is 45.0 Å². The minimum atomic E-state index is -0.877. The lowest BCUT2D eigenvalue weighted by Crippen LogP contribution is -2.60. The molecule has 4 aliphatic rings. The lowest BCUT2D eigenvalue weighted by molar-refractivity contribution is -0.145. The zero-order valence-electron chi connectivity index (χ0n) is 17.4. The Kier molecular flexibility index (Phi) is 4.18. The lowest BCUT2D eigenvalue weighted by atomic mass is 9.72. The number of carbonyl (C=O) groups excluding carboxylic acids is 2. The molecule has 0 unspecified atom stereocenters. The van der Waals surface area contributed by atoms with Crippen LogP contribution >= 0.6 is 0 Å². The fourth-order valence-electron chi connectivity index (χ4n) is 6.00. The molecule has 29 heavy (non-hydrogen) atoms. The highest BCUT2D eigenvalue weighted by Crippen LogP contribution is 2.59. The summed E-state index contributed by atoms with van der Waals surface area (Å²) in [4.78, 5) is 29.1. The highest BCUT2D eigenvalue weighted by molar-refractivity contribution is 5.97. The summed E-state index contributed by atoms with van der Waals surface area (Å²) in [7, 11) is 0. The van der Waals surface area contributed by atoms with Gasteiger partial charge in [-0.2, -0.15) is 0 Å². The van der Waals surface area contributed by atoms with Gasteiger partial charge in [-0.05, 0) is 39.2 Å². The molecule has 3 fully saturated rings. The van der Waals surface area contributed by atoms with Gasteiger partial charge >= 0.3 is 0 Å². The maximum Gasteiger partial charge on any atom is 0.246 e. The third-order valence-corrected chi connectivity index (χ3v) is 7.13. The van der Waals surface area contributed by atoms with Gasteiger partial charge in [-0.15, -0.1) is 0 Å². The molecule has 1 N–H and O–H groups in total. The Morgan fingerprint density at radius 2 is 1.86 bits per heavy atom. The summed E-state index contributed by atoms with van der Waals surface area (Å²) in [5.74, 6) is -0.451. The first-order valence-electron chi connectivity index (χ1n) is 10.9. The number of hydrogen-bond acceptors (Lipinski definition) is 3. The summed E-state index contributed by atoms with van der Waals surface area (Å²) in [6, 6.07) is 9.71. The number of likely N-dealkylation sites (tertiary alicyclic amines) is 1. The summed E-state index contributed by atoms with van der Waals surface area (Å²) in [5.41, 5.74) is -0.240. The molecule has 5 rings (SSSR count). The van der Waals surface area contributed by atoms with Crippen molar-refractivity contribution in [2.24, 2.45) is 5.92 Å². The maximum atomic E-state index is 13.8. The Labute approximate surface area is 172 Å². The molecule has 154 valence electrons. The molecule has 1 aliphatic carbocycles. The molecular weight excluding hydrogens is 364 g/mol. The number of ether oxygens (including phenoxy) is 1. The molecule has 5 nitrogen and oxygen atoms in total. The molecular formula is C24H30N2O3. The van der Waals surface area contributed by atoms with Crippen LogP contribution in [0.15, 0.2) is 42.5 Å². The summed E-state index contributed by atoms with van der Waals surface area (Å²) >= 11 is 0. The molecule has 3 aliphatic heterocycles. The van der Waals surface area contributed by atoms with Crippen LogP contribution in [-0.2, 0) is 14.3 Å². The first-order chi connectivity index (χ1) is 13.8. The number of amides is 2. The average molecular weight is 395 g/mol. The SMILES string of the molecule is CC(C)(C)N1C(=O)[C@H]2[C@@H](c3ccccc3)[C@H]3C=C[C@@]2(O3)[C@@H]1C(=O)NC1CCCC1. The Hall–Kier alpha value is -2.14. The van der Waals surface area contributed by atoms with Gasteiger partial charge in [0.1, 0.15) is 11.6 Å². The van der Waals surface area contributed by atoms with Crippen molar-refractivity contribution in [3.63, 3.8) is 0 Å². The van der Waals surface area contributed by atoms with E-state index < -0.39 is 17.2 Å². The predicted octanol–water partition coefficient (Wildman–Crippen LogP) is 3.16. The molecule has 0 aromatic heterocycles. The van der Waals surface area contributed by atoms with Crippen LogP contribution in [0, 0.1) is 5.92 Å². The van der Waals surface area contributed by atoms with E-state index >= 15 is 0 Å². The fraction of sp³-hybridized carbons (Fsp3) is 0.583. The summed E-state index contributed by atoms with van der Waals surface area (Å²) in [5, 5.41) is 3.24. The zero-order chi connectivity index (χ0) is 20.4. The third kappa shape index (κ3) is 2.70. The van der Waals surface area contributed by atoms with E-state index in [9.17, 15) is 9.59 Å². The molecule has 1 aromatic rings. The van der Waals surface area contributed by atoms with Crippen LogP contribution in [0.25, 0.3) is 0 Å². The second-order valence-corrected chi connectivity index (χ2v) is 9.98. The van der Waals surface area contributed by atoms with E-state index in [0.29, 0.717) is 0 Å². The van der Waals surface area contributed by atoms with Crippen molar-refractivity contribution in [1.29, 1.82) is 0 Å². The highest BCUT2D eigenvalue weighted by atomic mass is 16.5. The highest BCUT2D eigenvalue weighted by Gasteiger charge is 2.72. The van der Waals surface area contributed by atoms with E-state index in [-0.39, 0.29) is 35.8 Å². The topological polar surface area (TPSA) is 58.6 Å². The number of hydrogen-bond donors (Lipinski definition) is 1. The normalized spacial score (nSPS) is 36.1. The number of nitrogens with zero attached hydrogens (tertiary/aromatic N) is 1. The van der Waals surface area contributed by atoms with Crippen LogP contribution in [0.2, 0.25) is 0 Å². The van der Waals surface area contributed by atoms with Crippen molar-refractivity contribution >= 4 is 11.8 Å². The van der Waals surface area contributed by atoms with Crippen molar-refractivity contribution in [1.82, 2.24) is 10.2 Å².